The van der Waals surface area contributed by atoms with E-state index in [1.54, 1.807) is 35.0 Å². The van der Waals surface area contributed by atoms with Gasteiger partial charge < -0.3 is 19.4 Å². The van der Waals surface area contributed by atoms with E-state index in [1.807, 2.05) is 27.7 Å². The average Bonchev–Trinajstić information content (AvgIpc) is 3.07. The number of aromatic amines is 1. The second-order valence-corrected chi connectivity index (χ2v) is 13.9. The van der Waals surface area contributed by atoms with Crippen molar-refractivity contribution in [2.45, 2.75) is 33.7 Å². The molecule has 0 spiro atoms. The smallest absolute Gasteiger partial charge is 0.351 e. The van der Waals surface area contributed by atoms with Crippen molar-refractivity contribution in [2.75, 3.05) is 24.6 Å². The van der Waals surface area contributed by atoms with Crippen LogP contribution in [0.2, 0.25) is 0 Å². The predicted octanol–water partition coefficient (Wildman–Crippen LogP) is 3.25. The molecule has 0 bridgehead atoms. The van der Waals surface area contributed by atoms with Gasteiger partial charge in [0.1, 0.15) is 16.1 Å². The molecule has 1 atom stereocenters. The summed E-state index contributed by atoms with van der Waals surface area (Å²) in [5.41, 5.74) is 1.27. The number of aromatic nitrogens is 3. The van der Waals surface area contributed by atoms with E-state index in [0.29, 0.717) is 29.8 Å². The summed E-state index contributed by atoms with van der Waals surface area (Å²) in [4.78, 5) is 40.2. The molecule has 2 saturated heterocycles. The molecule has 5 rings (SSSR count). The first-order chi connectivity index (χ1) is 15.5. The molecule has 176 valence electrons. The Bertz CT molecular complexity index is 1320. The minimum Gasteiger partial charge on any atom is -0.358 e. The summed E-state index contributed by atoms with van der Waals surface area (Å²) in [5.74, 6) is 1.32. The highest BCUT2D eigenvalue weighted by atomic mass is 32.3. The van der Waals surface area contributed by atoms with Crippen molar-refractivity contribution in [1.82, 2.24) is 25.2 Å². The van der Waals surface area contributed by atoms with Gasteiger partial charge >= 0.3 is 5.24 Å². The molecular formula is C22H27N5O4S2. The van der Waals surface area contributed by atoms with Gasteiger partial charge in [-0.05, 0) is 18.4 Å². The van der Waals surface area contributed by atoms with Crippen LogP contribution >= 0.6 is 11.8 Å². The molecule has 5 heterocycles. The van der Waals surface area contributed by atoms with Crippen LogP contribution in [0, 0.1) is 5.41 Å². The number of hydrogen-bond acceptors (Lipinski definition) is 7. The third-order valence-electron chi connectivity index (χ3n) is 6.46. The molecule has 2 fully saturated rings. The molecule has 2 aromatic heterocycles. The van der Waals surface area contributed by atoms with Gasteiger partial charge in [-0.25, -0.2) is 14.8 Å². The summed E-state index contributed by atoms with van der Waals surface area (Å²) in [6, 6.07) is -0.0745. The molecule has 2 N–H and O–H groups in total. The van der Waals surface area contributed by atoms with E-state index in [4.69, 9.17) is 4.18 Å². The zero-order valence-electron chi connectivity index (χ0n) is 19.0. The van der Waals surface area contributed by atoms with Crippen molar-refractivity contribution in [3.63, 3.8) is 0 Å². The van der Waals surface area contributed by atoms with Gasteiger partial charge in [0, 0.05) is 52.3 Å². The van der Waals surface area contributed by atoms with Gasteiger partial charge in [0.15, 0.2) is 5.65 Å². The number of hydrogen-bond donors (Lipinski definition) is 2. The number of fused-ring (bicyclic) bond motifs is 2. The second-order valence-electron chi connectivity index (χ2n) is 9.56. The maximum absolute atomic E-state index is 14.2. The van der Waals surface area contributed by atoms with Crippen molar-refractivity contribution >= 4 is 48.3 Å². The lowest BCUT2D eigenvalue weighted by Gasteiger charge is -2.32. The first-order valence-corrected chi connectivity index (χ1v) is 13.9. The molecule has 3 aliphatic heterocycles. The summed E-state index contributed by atoms with van der Waals surface area (Å²) in [5, 5.41) is 2.69. The molecule has 0 saturated carbocycles. The van der Waals surface area contributed by atoms with Crippen LogP contribution in [0.4, 0.5) is 4.79 Å². The molecule has 11 heteroatoms. The van der Waals surface area contributed by atoms with Crippen molar-refractivity contribution in [2.24, 2.45) is 5.41 Å². The Morgan fingerprint density at radius 2 is 2.00 bits per heavy atom. The number of amides is 2. The number of rotatable bonds is 3. The van der Waals surface area contributed by atoms with E-state index in [1.165, 1.54) is 6.20 Å². The topological polar surface area (TPSA) is 121 Å². The maximum Gasteiger partial charge on any atom is 0.351 e. The lowest BCUT2D eigenvalue weighted by atomic mass is 9.88. The van der Waals surface area contributed by atoms with Crippen molar-refractivity contribution in [3.05, 3.63) is 40.9 Å². The first-order valence-electron chi connectivity index (χ1n) is 10.9. The summed E-state index contributed by atoms with van der Waals surface area (Å²) >= 11 is 1.76. The van der Waals surface area contributed by atoms with E-state index in [2.05, 4.69) is 20.3 Å². The molecule has 0 radical (unpaired) electrons. The zero-order valence-corrected chi connectivity index (χ0v) is 20.6. The lowest BCUT2D eigenvalue weighted by Crippen LogP contribution is -2.45. The van der Waals surface area contributed by atoms with Gasteiger partial charge in [-0.2, -0.15) is 16.0 Å². The Morgan fingerprint density at radius 3 is 2.67 bits per heavy atom. The summed E-state index contributed by atoms with van der Waals surface area (Å²) < 4.78 is 19.8. The summed E-state index contributed by atoms with van der Waals surface area (Å²) in [7, 11) is -4.30. The fourth-order valence-electron chi connectivity index (χ4n) is 3.86. The Morgan fingerprint density at radius 1 is 1.27 bits per heavy atom. The van der Waals surface area contributed by atoms with Crippen LogP contribution in [0.3, 0.4) is 0 Å². The number of allylic oxidation sites excluding steroid dienone is 2. The number of H-pyrrole nitrogens is 1. The molecule has 3 aliphatic rings. The Labute approximate surface area is 196 Å². The number of thioether (sulfide) groups is 1. The highest BCUT2D eigenvalue weighted by Gasteiger charge is 2.68. The second kappa shape index (κ2) is 7.17. The predicted molar refractivity (Wildman–Crippen MR) is 130 cm³/mol. The summed E-state index contributed by atoms with van der Waals surface area (Å²) in [6.45, 7) is 9.15. The molecule has 33 heavy (non-hydrogen) atoms. The van der Waals surface area contributed by atoms with Crippen LogP contribution in [0.15, 0.2) is 29.6 Å². The van der Waals surface area contributed by atoms with E-state index in [9.17, 15) is 13.8 Å². The molecule has 0 unspecified atom stereocenters. The number of nitrogens with one attached hydrogen (secondary N) is 2. The van der Waals surface area contributed by atoms with E-state index >= 15 is 0 Å². The normalized spacial score (nSPS) is 22.8. The van der Waals surface area contributed by atoms with E-state index < -0.39 is 14.6 Å². The Kier molecular flexibility index (Phi) is 4.81. The third-order valence-corrected chi connectivity index (χ3v) is 10.7. The minimum absolute atomic E-state index is 0.0745. The van der Waals surface area contributed by atoms with E-state index in [-0.39, 0.29) is 33.1 Å². The molecular weight excluding hydrogens is 462 g/mol. The average molecular weight is 490 g/mol. The van der Waals surface area contributed by atoms with Crippen LogP contribution in [-0.4, -0.2) is 65.8 Å². The fraction of sp³-hybridized carbons (Fsp3) is 0.455. The van der Waals surface area contributed by atoms with Gasteiger partial charge in [0.2, 0.25) is 0 Å². The molecule has 2 aromatic rings. The van der Waals surface area contributed by atoms with Gasteiger partial charge in [-0.3, -0.25) is 4.79 Å². The zero-order chi connectivity index (χ0) is 23.6. The fourth-order valence-corrected chi connectivity index (χ4v) is 7.88. The third kappa shape index (κ3) is 3.23. The van der Waals surface area contributed by atoms with Gasteiger partial charge in [0.05, 0.1) is 11.8 Å². The molecule has 0 aliphatic carbocycles. The van der Waals surface area contributed by atoms with Crippen LogP contribution in [0.25, 0.3) is 16.1 Å². The SMILES string of the molecule is C[C@H](NC(=O)c1c[nH]c2ncc(C3=CC=C4OS43(=O)C(=O)N3CCSCC3)nc12)C(C)(C)C. The highest BCUT2D eigenvalue weighted by molar-refractivity contribution is 8.42. The minimum atomic E-state index is -4.30. The largest absolute Gasteiger partial charge is 0.358 e. The first kappa shape index (κ1) is 22.1. The van der Waals surface area contributed by atoms with Crippen molar-refractivity contribution < 1.29 is 18.0 Å². The molecule has 0 aromatic carbocycles. The Hall–Kier alpha value is -2.66. The maximum atomic E-state index is 14.2. The number of carbonyl (C=O) groups is 2. The molecule has 2 amide bonds. The van der Waals surface area contributed by atoms with Crippen LogP contribution < -0.4 is 5.32 Å². The number of carbonyl (C=O) groups excluding carboxylic acids is 2. The van der Waals surface area contributed by atoms with Crippen LogP contribution in [0.1, 0.15) is 43.7 Å². The summed E-state index contributed by atoms with van der Waals surface area (Å²) in [6.07, 6.45) is 6.22. The standard InChI is InChI=1S/C22H27N5O4S2/c1-13(22(2,3)4)25-20(28)14-11-23-19-18(14)26-15(12-24-19)16-5-6-17-31-33(16,17,30)21(29)27-7-9-32-10-8-27/h5-6,11-13H,7-10H2,1-4H3,(H,23,24)(H,25,28)/t13-/m0/s1. The highest BCUT2D eigenvalue weighted by Crippen LogP contribution is 2.67. The monoisotopic (exact) mass is 489 g/mol. The Balaban J connectivity index is 1.50. The lowest BCUT2D eigenvalue weighted by molar-refractivity contribution is 0.0911. The molecule has 9 nitrogen and oxygen atoms in total. The van der Waals surface area contributed by atoms with Gasteiger partial charge in [-0.1, -0.05) is 20.8 Å². The van der Waals surface area contributed by atoms with Gasteiger partial charge in [-0.15, -0.1) is 0 Å². The van der Waals surface area contributed by atoms with E-state index in [0.717, 1.165) is 11.5 Å². The number of nitrogens with zero attached hydrogens (tertiary/aromatic N) is 3. The van der Waals surface area contributed by atoms with Gasteiger partial charge in [0.25, 0.3) is 11.0 Å². The van der Waals surface area contributed by atoms with Crippen molar-refractivity contribution in [1.29, 1.82) is 0 Å². The quantitative estimate of drug-likeness (QED) is 0.635. The van der Waals surface area contributed by atoms with Crippen LogP contribution in [-0.2, 0) is 13.5 Å². The van der Waals surface area contributed by atoms with Crippen LogP contribution in [0.5, 0.6) is 0 Å². The van der Waals surface area contributed by atoms with Crippen molar-refractivity contribution in [3.8, 4) is 0 Å².